The molecule has 0 aliphatic heterocycles. The quantitative estimate of drug-likeness (QED) is 0.785. The summed E-state index contributed by atoms with van der Waals surface area (Å²) in [5, 5.41) is 9.15. The number of benzene rings is 1. The second-order valence-corrected chi connectivity index (χ2v) is 4.08. The van der Waals surface area contributed by atoms with Crippen molar-refractivity contribution in [3.63, 3.8) is 0 Å². The molecule has 0 radical (unpaired) electrons. The monoisotopic (exact) mass is 268 g/mol. The molecule has 5 heteroatoms. The lowest BCUT2D eigenvalue weighted by molar-refractivity contribution is -0.145. The van der Waals surface area contributed by atoms with Crippen molar-refractivity contribution in [2.24, 2.45) is 0 Å². The predicted octanol–water partition coefficient (Wildman–Crippen LogP) is 2.73. The van der Waals surface area contributed by atoms with Crippen LogP contribution in [0.2, 0.25) is 0 Å². The van der Waals surface area contributed by atoms with Crippen LogP contribution in [0.15, 0.2) is 18.2 Å². The Labute approximate surface area is 113 Å². The highest BCUT2D eigenvalue weighted by Gasteiger charge is 2.21. The van der Waals surface area contributed by atoms with Crippen molar-refractivity contribution in [1.82, 2.24) is 0 Å². The summed E-state index contributed by atoms with van der Waals surface area (Å²) in [6.07, 6.45) is 1.30. The van der Waals surface area contributed by atoms with Crippen molar-refractivity contribution in [2.75, 3.05) is 14.2 Å². The van der Waals surface area contributed by atoms with Gasteiger partial charge in [0.05, 0.1) is 14.2 Å². The molecule has 1 aromatic carbocycles. The maximum absolute atomic E-state index is 11.2. The molecule has 1 aromatic rings. The highest BCUT2D eigenvalue weighted by molar-refractivity contribution is 5.73. The summed E-state index contributed by atoms with van der Waals surface area (Å²) < 4.78 is 15.9. The number of carboxylic acids is 1. The van der Waals surface area contributed by atoms with E-state index < -0.39 is 12.1 Å². The minimum Gasteiger partial charge on any atom is -0.493 e. The molecule has 5 nitrogen and oxygen atoms in total. The van der Waals surface area contributed by atoms with Gasteiger partial charge >= 0.3 is 5.97 Å². The van der Waals surface area contributed by atoms with E-state index in [1.807, 2.05) is 6.92 Å². The lowest BCUT2D eigenvalue weighted by Crippen LogP contribution is -2.27. The lowest BCUT2D eigenvalue weighted by Gasteiger charge is -2.18. The van der Waals surface area contributed by atoms with Crippen molar-refractivity contribution in [2.45, 2.75) is 32.3 Å². The number of hydrogen-bond acceptors (Lipinski definition) is 4. The van der Waals surface area contributed by atoms with Crippen LogP contribution in [-0.2, 0) is 4.79 Å². The van der Waals surface area contributed by atoms with Gasteiger partial charge in [-0.15, -0.1) is 0 Å². The Hall–Kier alpha value is -1.91. The fourth-order valence-corrected chi connectivity index (χ4v) is 1.73. The Morgan fingerprint density at radius 2 is 1.95 bits per heavy atom. The highest BCUT2D eigenvalue weighted by Crippen LogP contribution is 2.37. The molecule has 1 N–H and O–H groups in total. The average Bonchev–Trinajstić information content (AvgIpc) is 2.42. The summed E-state index contributed by atoms with van der Waals surface area (Å²) in [4.78, 5) is 11.2. The molecule has 0 spiro atoms. The number of methoxy groups -OCH3 is 2. The topological polar surface area (TPSA) is 65.0 Å². The first-order chi connectivity index (χ1) is 9.13. The zero-order valence-electron chi connectivity index (χ0n) is 11.5. The van der Waals surface area contributed by atoms with E-state index in [0.717, 1.165) is 12.8 Å². The van der Waals surface area contributed by atoms with Gasteiger partial charge in [-0.05, 0) is 25.0 Å². The summed E-state index contributed by atoms with van der Waals surface area (Å²) in [6.45, 7) is 2.00. The van der Waals surface area contributed by atoms with Crippen LogP contribution >= 0.6 is 0 Å². The molecule has 0 aliphatic rings. The molecule has 0 bridgehead atoms. The van der Waals surface area contributed by atoms with Gasteiger partial charge in [-0.3, -0.25) is 0 Å². The van der Waals surface area contributed by atoms with E-state index in [9.17, 15) is 4.79 Å². The fourth-order valence-electron chi connectivity index (χ4n) is 1.73. The van der Waals surface area contributed by atoms with Gasteiger partial charge in [0.2, 0.25) is 5.75 Å². The van der Waals surface area contributed by atoms with Crippen LogP contribution in [0.1, 0.15) is 26.2 Å². The molecule has 0 unspecified atom stereocenters. The number of aliphatic carboxylic acids is 1. The Morgan fingerprint density at radius 1 is 1.26 bits per heavy atom. The first-order valence-corrected chi connectivity index (χ1v) is 6.24. The molecule has 19 heavy (non-hydrogen) atoms. The summed E-state index contributed by atoms with van der Waals surface area (Å²) >= 11 is 0. The summed E-state index contributed by atoms with van der Waals surface area (Å²) in [7, 11) is 3.01. The van der Waals surface area contributed by atoms with Gasteiger partial charge in [-0.1, -0.05) is 19.4 Å². The van der Waals surface area contributed by atoms with Crippen molar-refractivity contribution in [3.05, 3.63) is 18.2 Å². The van der Waals surface area contributed by atoms with E-state index in [1.165, 1.54) is 14.2 Å². The fraction of sp³-hybridized carbons (Fsp3) is 0.500. The maximum Gasteiger partial charge on any atom is 0.344 e. The molecule has 0 saturated carbocycles. The zero-order valence-corrected chi connectivity index (χ0v) is 11.5. The molecule has 1 rings (SSSR count). The summed E-state index contributed by atoms with van der Waals surface area (Å²) in [6, 6.07) is 5.13. The molecule has 0 saturated heterocycles. The number of carboxylic acid groups (broad SMARTS) is 1. The van der Waals surface area contributed by atoms with Gasteiger partial charge in [0, 0.05) is 0 Å². The molecule has 0 aromatic heterocycles. The van der Waals surface area contributed by atoms with Crippen LogP contribution in [0.5, 0.6) is 17.2 Å². The van der Waals surface area contributed by atoms with Crippen LogP contribution in [0.4, 0.5) is 0 Å². The van der Waals surface area contributed by atoms with Crippen LogP contribution < -0.4 is 14.2 Å². The van der Waals surface area contributed by atoms with Crippen molar-refractivity contribution >= 4 is 5.97 Å². The smallest absolute Gasteiger partial charge is 0.344 e. The normalized spacial score (nSPS) is 11.7. The second-order valence-electron chi connectivity index (χ2n) is 4.08. The lowest BCUT2D eigenvalue weighted by atomic mass is 10.1. The van der Waals surface area contributed by atoms with Crippen LogP contribution in [-0.4, -0.2) is 31.4 Å². The molecule has 1 atom stereocenters. The van der Waals surface area contributed by atoms with Crippen LogP contribution in [0.25, 0.3) is 0 Å². The third kappa shape index (κ3) is 4.05. The van der Waals surface area contributed by atoms with Gasteiger partial charge in [-0.25, -0.2) is 4.79 Å². The van der Waals surface area contributed by atoms with Gasteiger partial charge in [-0.2, -0.15) is 0 Å². The van der Waals surface area contributed by atoms with Crippen LogP contribution in [0, 0.1) is 0 Å². The first-order valence-electron chi connectivity index (χ1n) is 6.24. The summed E-state index contributed by atoms with van der Waals surface area (Å²) in [5.41, 5.74) is 0. The van der Waals surface area contributed by atoms with Gasteiger partial charge < -0.3 is 19.3 Å². The molecular weight excluding hydrogens is 248 g/mol. The van der Waals surface area contributed by atoms with E-state index in [4.69, 9.17) is 19.3 Å². The number of ether oxygens (including phenoxy) is 3. The molecular formula is C14H20O5. The third-order valence-electron chi connectivity index (χ3n) is 2.73. The van der Waals surface area contributed by atoms with E-state index in [0.29, 0.717) is 23.7 Å². The minimum atomic E-state index is -0.974. The number of unbranched alkanes of at least 4 members (excludes halogenated alkanes) is 1. The first kappa shape index (κ1) is 15.1. The van der Waals surface area contributed by atoms with Crippen molar-refractivity contribution < 1.29 is 24.1 Å². The zero-order chi connectivity index (χ0) is 14.3. The predicted molar refractivity (Wildman–Crippen MR) is 71.1 cm³/mol. The standard InChI is InChI=1S/C14H20O5/c1-4-5-7-12(14(15)16)19-11-9-6-8-10(17-2)13(11)18-3/h6,8-9,12H,4-5,7H2,1-3H3,(H,15,16)/t12-/m1/s1. The highest BCUT2D eigenvalue weighted by atomic mass is 16.5. The number of hydrogen-bond donors (Lipinski definition) is 1. The van der Waals surface area contributed by atoms with Crippen LogP contribution in [0.3, 0.4) is 0 Å². The van der Waals surface area contributed by atoms with Gasteiger partial charge in [0.1, 0.15) is 0 Å². The number of rotatable bonds is 8. The van der Waals surface area contributed by atoms with Crippen molar-refractivity contribution in [1.29, 1.82) is 0 Å². The Morgan fingerprint density at radius 3 is 2.47 bits per heavy atom. The largest absolute Gasteiger partial charge is 0.493 e. The number of carbonyl (C=O) groups is 1. The minimum absolute atomic E-state index is 0.380. The van der Waals surface area contributed by atoms with E-state index in [1.54, 1.807) is 18.2 Å². The Balaban J connectivity index is 2.92. The molecule has 0 heterocycles. The summed E-state index contributed by atoms with van der Waals surface area (Å²) in [5.74, 6) is 0.330. The molecule has 106 valence electrons. The van der Waals surface area contributed by atoms with E-state index in [-0.39, 0.29) is 0 Å². The van der Waals surface area contributed by atoms with Crippen molar-refractivity contribution in [3.8, 4) is 17.2 Å². The SMILES string of the molecule is CCCC[C@@H](Oc1cccc(OC)c1OC)C(=O)O. The van der Waals surface area contributed by atoms with E-state index in [2.05, 4.69) is 0 Å². The Bertz CT molecular complexity index is 416. The molecule has 0 fully saturated rings. The average molecular weight is 268 g/mol. The van der Waals surface area contributed by atoms with E-state index >= 15 is 0 Å². The molecule has 0 amide bonds. The van der Waals surface area contributed by atoms with Gasteiger partial charge in [0.15, 0.2) is 17.6 Å². The van der Waals surface area contributed by atoms with Gasteiger partial charge in [0.25, 0.3) is 0 Å². The number of para-hydroxylation sites is 1. The Kier molecular flexibility index (Phi) is 5.99. The third-order valence-corrected chi connectivity index (χ3v) is 2.73. The second kappa shape index (κ2) is 7.51. The maximum atomic E-state index is 11.2. The molecule has 0 aliphatic carbocycles.